The molecule has 2 aromatic carbocycles. The van der Waals surface area contributed by atoms with Crippen LogP contribution in [0.25, 0.3) is 16.9 Å². The third kappa shape index (κ3) is 3.60. The summed E-state index contributed by atoms with van der Waals surface area (Å²) < 4.78 is 7.38. The number of halogens is 1. The van der Waals surface area contributed by atoms with Crippen LogP contribution in [0.2, 0.25) is 5.02 Å². The van der Waals surface area contributed by atoms with E-state index in [1.807, 2.05) is 65.2 Å². The zero-order chi connectivity index (χ0) is 17.1. The zero-order valence-corrected chi connectivity index (χ0v) is 14.6. The minimum absolute atomic E-state index is 0.617. The standard InChI is InChI=1S/C18H13ClN4OS/c19-14-8-6-13(7-9-14)17-10-16(24-22-17)11-25-18-21-20-12-23(18)15-4-2-1-3-5-15/h1-10,12H,11H2. The molecule has 0 radical (unpaired) electrons. The Bertz CT molecular complexity index is 966. The quantitative estimate of drug-likeness (QED) is 0.470. The van der Waals surface area contributed by atoms with Gasteiger partial charge in [0, 0.05) is 22.3 Å². The molecular weight excluding hydrogens is 356 g/mol. The van der Waals surface area contributed by atoms with Gasteiger partial charge in [-0.15, -0.1) is 10.2 Å². The molecule has 0 fully saturated rings. The van der Waals surface area contributed by atoms with Gasteiger partial charge < -0.3 is 4.52 Å². The monoisotopic (exact) mass is 368 g/mol. The van der Waals surface area contributed by atoms with E-state index in [1.165, 1.54) is 0 Å². The summed E-state index contributed by atoms with van der Waals surface area (Å²) in [6, 6.07) is 19.4. The average Bonchev–Trinajstić information content (AvgIpc) is 3.31. The van der Waals surface area contributed by atoms with Crippen molar-refractivity contribution >= 4 is 23.4 Å². The smallest absolute Gasteiger partial charge is 0.196 e. The number of benzene rings is 2. The van der Waals surface area contributed by atoms with Crippen molar-refractivity contribution < 1.29 is 4.52 Å². The number of hydrogen-bond acceptors (Lipinski definition) is 5. The van der Waals surface area contributed by atoms with Crippen molar-refractivity contribution in [2.24, 2.45) is 0 Å². The number of para-hydroxylation sites is 1. The lowest BCUT2D eigenvalue weighted by Crippen LogP contribution is -1.94. The highest BCUT2D eigenvalue weighted by Crippen LogP contribution is 2.26. The van der Waals surface area contributed by atoms with E-state index in [9.17, 15) is 0 Å². The summed E-state index contributed by atoms with van der Waals surface area (Å²) in [4.78, 5) is 0. The highest BCUT2D eigenvalue weighted by atomic mass is 35.5. The third-order valence-electron chi connectivity index (χ3n) is 3.59. The normalized spacial score (nSPS) is 10.9. The molecule has 0 aliphatic heterocycles. The van der Waals surface area contributed by atoms with Crippen LogP contribution in [0.1, 0.15) is 5.76 Å². The maximum Gasteiger partial charge on any atom is 0.196 e. The fraction of sp³-hybridized carbons (Fsp3) is 0.0556. The van der Waals surface area contributed by atoms with Crippen molar-refractivity contribution in [2.75, 3.05) is 0 Å². The number of nitrogens with zero attached hydrogens (tertiary/aromatic N) is 4. The maximum absolute atomic E-state index is 5.91. The summed E-state index contributed by atoms with van der Waals surface area (Å²) in [6.07, 6.45) is 1.71. The number of aromatic nitrogens is 4. The van der Waals surface area contributed by atoms with Gasteiger partial charge in [-0.1, -0.05) is 58.9 Å². The highest BCUT2D eigenvalue weighted by molar-refractivity contribution is 7.98. The Balaban J connectivity index is 1.48. The number of thioether (sulfide) groups is 1. The topological polar surface area (TPSA) is 56.7 Å². The van der Waals surface area contributed by atoms with Gasteiger partial charge in [-0.3, -0.25) is 4.57 Å². The molecule has 25 heavy (non-hydrogen) atoms. The number of rotatable bonds is 5. The van der Waals surface area contributed by atoms with Crippen LogP contribution in [0.3, 0.4) is 0 Å². The summed E-state index contributed by atoms with van der Waals surface area (Å²) in [5.74, 6) is 1.39. The van der Waals surface area contributed by atoms with Crippen LogP contribution in [0, 0.1) is 0 Å². The summed E-state index contributed by atoms with van der Waals surface area (Å²) >= 11 is 7.46. The van der Waals surface area contributed by atoms with Crippen LogP contribution >= 0.6 is 23.4 Å². The zero-order valence-electron chi connectivity index (χ0n) is 13.0. The Kier molecular flexibility index (Phi) is 4.54. The van der Waals surface area contributed by atoms with Crippen molar-refractivity contribution in [2.45, 2.75) is 10.9 Å². The Morgan fingerprint density at radius 1 is 1.04 bits per heavy atom. The molecule has 0 aliphatic carbocycles. The minimum Gasteiger partial charge on any atom is -0.360 e. The van der Waals surface area contributed by atoms with Gasteiger partial charge in [0.15, 0.2) is 5.16 Å². The molecule has 2 heterocycles. The highest BCUT2D eigenvalue weighted by Gasteiger charge is 2.11. The third-order valence-corrected chi connectivity index (χ3v) is 4.81. The Hall–Kier alpha value is -2.57. The van der Waals surface area contributed by atoms with Crippen LogP contribution in [0.5, 0.6) is 0 Å². The van der Waals surface area contributed by atoms with Crippen molar-refractivity contribution in [1.29, 1.82) is 0 Å². The molecule has 124 valence electrons. The van der Waals surface area contributed by atoms with Gasteiger partial charge in [0.1, 0.15) is 17.8 Å². The molecule has 0 saturated carbocycles. The molecule has 4 aromatic rings. The molecule has 5 nitrogen and oxygen atoms in total. The van der Waals surface area contributed by atoms with Crippen LogP contribution < -0.4 is 0 Å². The van der Waals surface area contributed by atoms with Crippen LogP contribution in [0.4, 0.5) is 0 Å². The molecule has 0 unspecified atom stereocenters. The largest absolute Gasteiger partial charge is 0.360 e. The Labute approximate surface area is 153 Å². The second kappa shape index (κ2) is 7.13. The van der Waals surface area contributed by atoms with E-state index in [0.717, 1.165) is 27.9 Å². The molecule has 7 heteroatoms. The molecule has 0 spiro atoms. The van der Waals surface area contributed by atoms with E-state index in [2.05, 4.69) is 15.4 Å². The molecule has 0 bridgehead atoms. The fourth-order valence-corrected chi connectivity index (χ4v) is 3.29. The second-order valence-electron chi connectivity index (χ2n) is 5.29. The molecule has 0 amide bonds. The van der Waals surface area contributed by atoms with Crippen molar-refractivity contribution in [3.05, 3.63) is 77.8 Å². The van der Waals surface area contributed by atoms with Gasteiger partial charge in [-0.2, -0.15) is 0 Å². The van der Waals surface area contributed by atoms with E-state index in [1.54, 1.807) is 18.1 Å². The van der Waals surface area contributed by atoms with Gasteiger partial charge in [0.05, 0.1) is 5.75 Å². The first-order valence-electron chi connectivity index (χ1n) is 7.59. The molecule has 0 aliphatic rings. The SMILES string of the molecule is Clc1ccc(-c2cc(CSc3nncn3-c3ccccc3)on2)cc1. The van der Waals surface area contributed by atoms with Crippen LogP contribution in [-0.4, -0.2) is 19.9 Å². The number of hydrogen-bond donors (Lipinski definition) is 0. The Morgan fingerprint density at radius 2 is 1.84 bits per heavy atom. The molecule has 0 atom stereocenters. The minimum atomic E-state index is 0.617. The van der Waals surface area contributed by atoms with Gasteiger partial charge in [-0.25, -0.2) is 0 Å². The first kappa shape index (κ1) is 15.9. The maximum atomic E-state index is 5.91. The van der Waals surface area contributed by atoms with Gasteiger partial charge in [-0.05, 0) is 24.3 Å². The lowest BCUT2D eigenvalue weighted by Gasteiger charge is -2.04. The lowest BCUT2D eigenvalue weighted by atomic mass is 10.1. The van der Waals surface area contributed by atoms with Gasteiger partial charge in [0.25, 0.3) is 0 Å². The lowest BCUT2D eigenvalue weighted by molar-refractivity contribution is 0.397. The summed E-state index contributed by atoms with van der Waals surface area (Å²) in [7, 11) is 0. The van der Waals surface area contributed by atoms with Crippen LogP contribution in [-0.2, 0) is 5.75 Å². The first-order chi connectivity index (χ1) is 12.3. The van der Waals surface area contributed by atoms with E-state index in [4.69, 9.17) is 16.1 Å². The van der Waals surface area contributed by atoms with E-state index < -0.39 is 0 Å². The summed E-state index contributed by atoms with van der Waals surface area (Å²) in [5.41, 5.74) is 2.78. The fourth-order valence-electron chi connectivity index (χ4n) is 2.36. The predicted octanol–water partition coefficient (Wildman–Crippen LogP) is 4.87. The average molecular weight is 369 g/mol. The summed E-state index contributed by atoms with van der Waals surface area (Å²) in [6.45, 7) is 0. The van der Waals surface area contributed by atoms with Gasteiger partial charge in [0.2, 0.25) is 0 Å². The Morgan fingerprint density at radius 3 is 2.64 bits per heavy atom. The molecular formula is C18H13ClN4OS. The van der Waals surface area contributed by atoms with Crippen LogP contribution in [0.15, 0.2) is 76.7 Å². The summed E-state index contributed by atoms with van der Waals surface area (Å²) in [5, 5.41) is 13.8. The molecule has 2 aromatic heterocycles. The van der Waals surface area contributed by atoms with Crippen molar-refractivity contribution in [1.82, 2.24) is 19.9 Å². The van der Waals surface area contributed by atoms with E-state index in [-0.39, 0.29) is 0 Å². The van der Waals surface area contributed by atoms with Gasteiger partial charge >= 0.3 is 0 Å². The predicted molar refractivity (Wildman–Crippen MR) is 97.9 cm³/mol. The van der Waals surface area contributed by atoms with E-state index >= 15 is 0 Å². The molecule has 4 rings (SSSR count). The molecule has 0 saturated heterocycles. The first-order valence-corrected chi connectivity index (χ1v) is 8.96. The van der Waals surface area contributed by atoms with Crippen molar-refractivity contribution in [3.63, 3.8) is 0 Å². The van der Waals surface area contributed by atoms with E-state index in [0.29, 0.717) is 10.8 Å². The molecule has 0 N–H and O–H groups in total. The van der Waals surface area contributed by atoms with Crippen molar-refractivity contribution in [3.8, 4) is 16.9 Å². The second-order valence-corrected chi connectivity index (χ2v) is 6.67.